The molecule has 0 saturated heterocycles. The van der Waals surface area contributed by atoms with Crippen LogP contribution in [0.15, 0.2) is 48.7 Å². The number of aromatic amines is 2. The highest BCUT2D eigenvalue weighted by atomic mass is 19.4. The van der Waals surface area contributed by atoms with Crippen molar-refractivity contribution < 1.29 is 41.8 Å². The molecule has 0 fully saturated rings. The molecule has 13 heteroatoms. The van der Waals surface area contributed by atoms with E-state index in [1.165, 1.54) is 24.4 Å². The van der Waals surface area contributed by atoms with E-state index < -0.39 is 24.2 Å². The second kappa shape index (κ2) is 14.9. The number of halogens is 3. The number of Topliss-reactive ketones (excluding diaryl/α,β-unsaturated/α-hetero) is 1. The van der Waals surface area contributed by atoms with Gasteiger partial charge >= 0.3 is 18.1 Å². The highest BCUT2D eigenvalue weighted by Crippen LogP contribution is 2.28. The van der Waals surface area contributed by atoms with Gasteiger partial charge in [-0.1, -0.05) is 31.9 Å². The van der Waals surface area contributed by atoms with E-state index in [4.69, 9.17) is 4.74 Å². The van der Waals surface area contributed by atoms with Gasteiger partial charge in [-0.3, -0.25) is 9.59 Å². The van der Waals surface area contributed by atoms with Crippen LogP contribution < -0.4 is 10.1 Å². The van der Waals surface area contributed by atoms with E-state index in [0.29, 0.717) is 48.5 Å². The molecule has 0 radical (unpaired) electrons. The molecular weight excluding hydrogens is 605 g/mol. The molecule has 10 nitrogen and oxygen atoms in total. The number of methoxy groups -OCH3 is 1. The quantitative estimate of drug-likeness (QED) is 0.0817. The Morgan fingerprint density at radius 1 is 1.02 bits per heavy atom. The number of aryl methyl sites for hydroxylation is 1. The van der Waals surface area contributed by atoms with Crippen molar-refractivity contribution in [1.82, 2.24) is 20.3 Å². The topological polar surface area (TPSA) is 143 Å². The summed E-state index contributed by atoms with van der Waals surface area (Å²) in [5.74, 6) is -2.99. The smallest absolute Gasteiger partial charge is 0.491 e. The van der Waals surface area contributed by atoms with Gasteiger partial charge in [0.2, 0.25) is 5.91 Å². The molecule has 0 aliphatic heterocycles. The summed E-state index contributed by atoms with van der Waals surface area (Å²) in [6.07, 6.45) is -0.0251. The minimum atomic E-state index is -5.31. The molecule has 3 N–H and O–H groups in total. The number of nitrogens with zero attached hydrogens (tertiary/aromatic N) is 1. The number of aromatic nitrogens is 3. The van der Waals surface area contributed by atoms with Gasteiger partial charge in [-0.15, -0.1) is 0 Å². The number of unbranched alkanes of at least 4 members (excludes halogenated alkanes) is 2. The fourth-order valence-electron chi connectivity index (χ4n) is 5.10. The van der Waals surface area contributed by atoms with Crippen LogP contribution in [0.3, 0.4) is 0 Å². The Kier molecular flexibility index (Phi) is 11.0. The van der Waals surface area contributed by atoms with E-state index in [1.807, 2.05) is 32.0 Å². The third kappa shape index (κ3) is 8.61. The monoisotopic (exact) mass is 640 g/mol. The summed E-state index contributed by atoms with van der Waals surface area (Å²) in [5.41, 5.74) is 3.13. The van der Waals surface area contributed by atoms with Crippen LogP contribution in [0.25, 0.3) is 22.2 Å². The number of alkyl halides is 3. The van der Waals surface area contributed by atoms with E-state index in [1.54, 1.807) is 13.2 Å². The fourth-order valence-corrected chi connectivity index (χ4v) is 5.10. The molecule has 0 aliphatic carbocycles. The lowest BCUT2D eigenvalue weighted by atomic mass is 10.0. The Morgan fingerprint density at radius 2 is 1.80 bits per heavy atom. The summed E-state index contributed by atoms with van der Waals surface area (Å²) < 4.78 is 47.0. The average Bonchev–Trinajstić information content (AvgIpc) is 3.64. The number of hydrogen-bond donors (Lipinski definition) is 3. The minimum Gasteiger partial charge on any atom is -0.497 e. The summed E-state index contributed by atoms with van der Waals surface area (Å²) in [6.45, 7) is 3.72. The molecule has 244 valence electrons. The number of fused-ring (bicyclic) bond motifs is 1. The number of ketones is 1. The summed E-state index contributed by atoms with van der Waals surface area (Å²) in [6, 6.07) is 10.6. The highest BCUT2D eigenvalue weighted by molar-refractivity contribution is 5.99. The molecule has 4 rings (SSSR count). The number of benzene rings is 2. The van der Waals surface area contributed by atoms with Crippen molar-refractivity contribution in [2.24, 2.45) is 0 Å². The normalized spacial score (nSPS) is 12.1. The van der Waals surface area contributed by atoms with Crippen LogP contribution in [0.1, 0.15) is 78.9 Å². The minimum absolute atomic E-state index is 0.0921. The Labute approximate surface area is 263 Å². The van der Waals surface area contributed by atoms with Crippen molar-refractivity contribution in [1.29, 1.82) is 0 Å². The van der Waals surface area contributed by atoms with Crippen molar-refractivity contribution in [2.75, 3.05) is 7.11 Å². The number of carbonyl (C=O) groups excluding carboxylic acids is 4. The first-order chi connectivity index (χ1) is 21.9. The number of ether oxygens (including phenoxy) is 2. The molecule has 2 aromatic carbocycles. The van der Waals surface area contributed by atoms with E-state index in [0.717, 1.165) is 35.0 Å². The molecule has 1 amide bonds. The summed E-state index contributed by atoms with van der Waals surface area (Å²) in [7, 11) is 1.57. The maximum atomic E-state index is 13.4. The molecule has 0 aliphatic rings. The third-order valence-corrected chi connectivity index (χ3v) is 7.59. The summed E-state index contributed by atoms with van der Waals surface area (Å²) in [5, 5.41) is 3.94. The average molecular weight is 641 g/mol. The zero-order valence-electron chi connectivity index (χ0n) is 25.7. The number of rotatable bonds is 14. The SMILES string of the molecule is CCC(=O)CCCCCC(NC(=O)Cc1c(C)[nH]c2ccc(OC)cc12)c1ncc(-c2cccc(C(=O)OC(=O)C(F)(F)F)c2)[nH]1. The van der Waals surface area contributed by atoms with Gasteiger partial charge in [0.25, 0.3) is 0 Å². The van der Waals surface area contributed by atoms with E-state index >= 15 is 0 Å². The molecule has 0 saturated carbocycles. The van der Waals surface area contributed by atoms with Crippen LogP contribution in [0.4, 0.5) is 13.2 Å². The number of nitrogens with one attached hydrogen (secondary N) is 3. The van der Waals surface area contributed by atoms with Crippen molar-refractivity contribution in [3.8, 4) is 17.0 Å². The van der Waals surface area contributed by atoms with Crippen molar-refractivity contribution >= 4 is 34.5 Å². The van der Waals surface area contributed by atoms with E-state index in [-0.39, 0.29) is 23.7 Å². The Morgan fingerprint density at radius 3 is 2.52 bits per heavy atom. The van der Waals surface area contributed by atoms with Gasteiger partial charge < -0.3 is 24.8 Å². The lowest BCUT2D eigenvalue weighted by Gasteiger charge is -2.17. The van der Waals surface area contributed by atoms with Crippen LogP contribution in [-0.2, 0) is 25.5 Å². The number of imidazole rings is 1. The second-order valence-electron chi connectivity index (χ2n) is 10.9. The molecule has 0 spiro atoms. The van der Waals surface area contributed by atoms with Crippen molar-refractivity contribution in [2.45, 2.75) is 71.0 Å². The number of esters is 2. The lowest BCUT2D eigenvalue weighted by Crippen LogP contribution is -2.30. The van der Waals surface area contributed by atoms with E-state index in [2.05, 4.69) is 25.0 Å². The van der Waals surface area contributed by atoms with Crippen LogP contribution in [0, 0.1) is 6.92 Å². The largest absolute Gasteiger partial charge is 0.497 e. The molecule has 1 atom stereocenters. The zero-order chi connectivity index (χ0) is 33.4. The predicted molar refractivity (Wildman–Crippen MR) is 163 cm³/mol. The van der Waals surface area contributed by atoms with Gasteiger partial charge in [0.1, 0.15) is 17.4 Å². The van der Waals surface area contributed by atoms with Gasteiger partial charge in [0, 0.05) is 35.0 Å². The molecule has 2 aromatic heterocycles. The molecule has 2 heterocycles. The first kappa shape index (κ1) is 33.9. The maximum Gasteiger partial charge on any atom is 0.491 e. The standard InChI is InChI=1S/C33H35F3N4O6/c1-4-22(41)11-6-5-7-12-27(39-29(42)17-24-19(2)38-26-14-13-23(45-3)16-25(24)26)30-37-18-28(40-30)20-9-8-10-21(15-20)31(43)46-32(44)33(34,35)36/h8-10,13-16,18,27,38H,4-7,11-12,17H2,1-3H3,(H,37,40)(H,39,42). The van der Waals surface area contributed by atoms with Gasteiger partial charge in [-0.05, 0) is 55.7 Å². The van der Waals surface area contributed by atoms with Gasteiger partial charge in [-0.2, -0.15) is 13.2 Å². The summed E-state index contributed by atoms with van der Waals surface area (Å²) >= 11 is 0. The van der Waals surface area contributed by atoms with Crippen LogP contribution >= 0.6 is 0 Å². The van der Waals surface area contributed by atoms with E-state index in [9.17, 15) is 32.3 Å². The molecule has 4 aromatic rings. The Hall–Kier alpha value is -4.94. The van der Waals surface area contributed by atoms with Crippen molar-refractivity contribution in [3.05, 3.63) is 71.3 Å². The highest BCUT2D eigenvalue weighted by Gasteiger charge is 2.42. The van der Waals surface area contributed by atoms with Gasteiger partial charge in [-0.25, -0.2) is 14.6 Å². The molecule has 46 heavy (non-hydrogen) atoms. The predicted octanol–water partition coefficient (Wildman–Crippen LogP) is 6.45. The molecule has 1 unspecified atom stereocenters. The number of hydrogen-bond acceptors (Lipinski definition) is 7. The molecule has 0 bridgehead atoms. The first-order valence-electron chi connectivity index (χ1n) is 14.8. The van der Waals surface area contributed by atoms with Gasteiger partial charge in [0.05, 0.1) is 37.0 Å². The summed E-state index contributed by atoms with van der Waals surface area (Å²) in [4.78, 5) is 59.3. The number of carbonyl (C=O) groups is 4. The lowest BCUT2D eigenvalue weighted by molar-refractivity contribution is -0.193. The van der Waals surface area contributed by atoms with Crippen LogP contribution in [0.2, 0.25) is 0 Å². The maximum absolute atomic E-state index is 13.4. The second-order valence-corrected chi connectivity index (χ2v) is 10.9. The van der Waals surface area contributed by atoms with Crippen LogP contribution in [-0.4, -0.2) is 51.9 Å². The fraction of sp³-hybridized carbons (Fsp3) is 0.364. The van der Waals surface area contributed by atoms with Crippen LogP contribution in [0.5, 0.6) is 5.75 Å². The zero-order valence-corrected chi connectivity index (χ0v) is 25.7. The molecular formula is C33H35F3N4O6. The number of amides is 1. The van der Waals surface area contributed by atoms with Gasteiger partial charge in [0.15, 0.2) is 0 Å². The first-order valence-corrected chi connectivity index (χ1v) is 14.8. The Bertz CT molecular complexity index is 1730. The number of H-pyrrole nitrogens is 2. The Balaban J connectivity index is 1.52. The van der Waals surface area contributed by atoms with Crippen molar-refractivity contribution in [3.63, 3.8) is 0 Å². The third-order valence-electron chi connectivity index (χ3n) is 7.59.